The summed E-state index contributed by atoms with van der Waals surface area (Å²) in [6.07, 6.45) is 0.848. The number of aromatic nitrogens is 2. The van der Waals surface area contributed by atoms with Crippen molar-refractivity contribution < 1.29 is 0 Å². The van der Waals surface area contributed by atoms with E-state index >= 15 is 0 Å². The van der Waals surface area contributed by atoms with Crippen molar-refractivity contribution in [1.82, 2.24) is 9.97 Å². The van der Waals surface area contributed by atoms with E-state index in [0.717, 1.165) is 35.2 Å². The van der Waals surface area contributed by atoms with E-state index in [1.807, 2.05) is 18.2 Å². The Kier molecular flexibility index (Phi) is 4.80. The molecule has 2 aromatic rings. The highest BCUT2D eigenvalue weighted by Crippen LogP contribution is 2.31. The van der Waals surface area contributed by atoms with Gasteiger partial charge in [0.05, 0.1) is 0 Å². The number of hydrogen-bond acceptors (Lipinski definition) is 4. The summed E-state index contributed by atoms with van der Waals surface area (Å²) in [7, 11) is 0. The first-order valence-corrected chi connectivity index (χ1v) is 7.40. The molecule has 0 bridgehead atoms. The Morgan fingerprint density at radius 3 is 2.47 bits per heavy atom. The molecule has 100 valence electrons. The van der Waals surface area contributed by atoms with Crippen LogP contribution in [0.2, 0.25) is 0 Å². The number of anilines is 1. The zero-order valence-corrected chi connectivity index (χ0v) is 12.4. The van der Waals surface area contributed by atoms with E-state index in [1.165, 1.54) is 4.90 Å². The molecule has 0 saturated carbocycles. The monoisotopic (exact) mass is 273 g/mol. The van der Waals surface area contributed by atoms with Crippen molar-refractivity contribution in [3.8, 4) is 0 Å². The van der Waals surface area contributed by atoms with Crippen molar-refractivity contribution in [3.63, 3.8) is 0 Å². The lowest BCUT2D eigenvalue weighted by atomic mass is 10.3. The van der Waals surface area contributed by atoms with Gasteiger partial charge in [-0.2, -0.15) is 0 Å². The SMILES string of the molecule is CCNc1nc(CC)nc(Sc2ccccc2)c1C. The molecule has 1 aromatic carbocycles. The molecule has 0 aliphatic carbocycles. The Morgan fingerprint density at radius 1 is 1.11 bits per heavy atom. The molecule has 0 aliphatic heterocycles. The van der Waals surface area contributed by atoms with Crippen LogP contribution in [-0.2, 0) is 6.42 Å². The summed E-state index contributed by atoms with van der Waals surface area (Å²) in [6.45, 7) is 7.10. The molecule has 1 heterocycles. The van der Waals surface area contributed by atoms with Gasteiger partial charge in [-0.15, -0.1) is 0 Å². The second-order valence-electron chi connectivity index (χ2n) is 4.22. The predicted octanol–water partition coefficient (Wildman–Crippen LogP) is 3.93. The van der Waals surface area contributed by atoms with Gasteiger partial charge in [-0.1, -0.05) is 36.9 Å². The molecular formula is C15H19N3S. The fourth-order valence-electron chi connectivity index (χ4n) is 1.74. The average molecular weight is 273 g/mol. The number of nitrogens with one attached hydrogen (secondary N) is 1. The van der Waals surface area contributed by atoms with Crippen molar-refractivity contribution in [3.05, 3.63) is 41.7 Å². The third-order valence-corrected chi connectivity index (χ3v) is 3.86. The van der Waals surface area contributed by atoms with E-state index in [4.69, 9.17) is 0 Å². The normalized spacial score (nSPS) is 10.5. The lowest BCUT2D eigenvalue weighted by Gasteiger charge is -2.12. The van der Waals surface area contributed by atoms with Gasteiger partial charge in [0.25, 0.3) is 0 Å². The molecular weight excluding hydrogens is 254 g/mol. The van der Waals surface area contributed by atoms with Crippen molar-refractivity contribution in [1.29, 1.82) is 0 Å². The van der Waals surface area contributed by atoms with Gasteiger partial charge in [0, 0.05) is 23.4 Å². The molecule has 4 heteroatoms. The Balaban J connectivity index is 2.35. The van der Waals surface area contributed by atoms with E-state index in [2.05, 4.69) is 48.2 Å². The Bertz CT molecular complexity index is 541. The molecule has 2 rings (SSSR count). The molecule has 0 aliphatic rings. The molecule has 0 saturated heterocycles. The quantitative estimate of drug-likeness (QED) is 0.838. The van der Waals surface area contributed by atoms with Crippen molar-refractivity contribution >= 4 is 17.6 Å². The third-order valence-electron chi connectivity index (χ3n) is 2.77. The molecule has 19 heavy (non-hydrogen) atoms. The smallest absolute Gasteiger partial charge is 0.133 e. The zero-order valence-electron chi connectivity index (χ0n) is 11.6. The molecule has 0 radical (unpaired) electrons. The first-order chi connectivity index (χ1) is 9.24. The fourth-order valence-corrected chi connectivity index (χ4v) is 2.65. The Labute approximate surface area is 118 Å². The molecule has 0 fully saturated rings. The largest absolute Gasteiger partial charge is 0.370 e. The lowest BCUT2D eigenvalue weighted by Crippen LogP contribution is -2.07. The van der Waals surface area contributed by atoms with E-state index in [1.54, 1.807) is 11.8 Å². The summed E-state index contributed by atoms with van der Waals surface area (Å²) in [6, 6.07) is 10.3. The summed E-state index contributed by atoms with van der Waals surface area (Å²) in [5.74, 6) is 1.84. The minimum atomic E-state index is 0.848. The molecule has 0 unspecified atom stereocenters. The molecule has 0 spiro atoms. The summed E-state index contributed by atoms with van der Waals surface area (Å²) in [5, 5.41) is 4.35. The molecule has 3 nitrogen and oxygen atoms in total. The highest BCUT2D eigenvalue weighted by molar-refractivity contribution is 7.99. The van der Waals surface area contributed by atoms with Crippen LogP contribution in [0.4, 0.5) is 5.82 Å². The van der Waals surface area contributed by atoms with Gasteiger partial charge in [-0.05, 0) is 26.0 Å². The number of hydrogen-bond donors (Lipinski definition) is 1. The number of rotatable bonds is 5. The van der Waals surface area contributed by atoms with E-state index in [0.29, 0.717) is 0 Å². The summed E-state index contributed by atoms with van der Waals surface area (Å²) in [4.78, 5) is 10.4. The van der Waals surface area contributed by atoms with E-state index < -0.39 is 0 Å². The highest BCUT2D eigenvalue weighted by Gasteiger charge is 2.10. The van der Waals surface area contributed by atoms with Crippen LogP contribution < -0.4 is 5.32 Å². The molecule has 0 amide bonds. The van der Waals surface area contributed by atoms with Crippen molar-refractivity contribution in [2.24, 2.45) is 0 Å². The van der Waals surface area contributed by atoms with Crippen LogP contribution in [0.15, 0.2) is 40.3 Å². The average Bonchev–Trinajstić information content (AvgIpc) is 2.44. The minimum absolute atomic E-state index is 0.848. The van der Waals surface area contributed by atoms with Gasteiger partial charge >= 0.3 is 0 Å². The predicted molar refractivity (Wildman–Crippen MR) is 80.9 cm³/mol. The number of nitrogens with zero attached hydrogens (tertiary/aromatic N) is 2. The van der Waals surface area contributed by atoms with Gasteiger partial charge in [0.15, 0.2) is 0 Å². The van der Waals surface area contributed by atoms with Gasteiger partial charge in [0.2, 0.25) is 0 Å². The van der Waals surface area contributed by atoms with Crippen LogP contribution >= 0.6 is 11.8 Å². The topological polar surface area (TPSA) is 37.8 Å². The van der Waals surface area contributed by atoms with Gasteiger partial charge in [0.1, 0.15) is 16.7 Å². The van der Waals surface area contributed by atoms with Crippen LogP contribution in [0.3, 0.4) is 0 Å². The summed E-state index contributed by atoms with van der Waals surface area (Å²) in [5.41, 5.74) is 1.12. The van der Waals surface area contributed by atoms with Gasteiger partial charge in [-0.3, -0.25) is 0 Å². The van der Waals surface area contributed by atoms with E-state index in [9.17, 15) is 0 Å². The maximum Gasteiger partial charge on any atom is 0.133 e. The summed E-state index contributed by atoms with van der Waals surface area (Å²) >= 11 is 1.69. The second kappa shape index (κ2) is 6.57. The van der Waals surface area contributed by atoms with Crippen LogP contribution in [0.1, 0.15) is 25.2 Å². The third kappa shape index (κ3) is 3.47. The fraction of sp³-hybridized carbons (Fsp3) is 0.333. The van der Waals surface area contributed by atoms with E-state index in [-0.39, 0.29) is 0 Å². The zero-order chi connectivity index (χ0) is 13.7. The molecule has 1 aromatic heterocycles. The second-order valence-corrected chi connectivity index (χ2v) is 5.28. The molecule has 0 atom stereocenters. The maximum absolute atomic E-state index is 4.64. The molecule has 1 N–H and O–H groups in total. The van der Waals surface area contributed by atoms with Crippen LogP contribution in [0, 0.1) is 6.92 Å². The lowest BCUT2D eigenvalue weighted by molar-refractivity contribution is 0.870. The van der Waals surface area contributed by atoms with Crippen molar-refractivity contribution in [2.75, 3.05) is 11.9 Å². The van der Waals surface area contributed by atoms with Crippen molar-refractivity contribution in [2.45, 2.75) is 37.1 Å². The van der Waals surface area contributed by atoms with Crippen LogP contribution in [0.5, 0.6) is 0 Å². The van der Waals surface area contributed by atoms with Gasteiger partial charge < -0.3 is 5.32 Å². The Morgan fingerprint density at radius 2 is 1.84 bits per heavy atom. The van der Waals surface area contributed by atoms with Gasteiger partial charge in [-0.25, -0.2) is 9.97 Å². The van der Waals surface area contributed by atoms with Crippen LogP contribution in [0.25, 0.3) is 0 Å². The highest BCUT2D eigenvalue weighted by atomic mass is 32.2. The van der Waals surface area contributed by atoms with Crippen LogP contribution in [-0.4, -0.2) is 16.5 Å². The maximum atomic E-state index is 4.64. The first kappa shape index (κ1) is 13.9. The Hall–Kier alpha value is -1.55. The standard InChI is InChI=1S/C15H19N3S/c1-4-13-17-14(16-5-2)11(3)15(18-13)19-12-9-7-6-8-10-12/h6-10H,4-5H2,1-3H3,(H,16,17,18). The summed E-state index contributed by atoms with van der Waals surface area (Å²) < 4.78 is 0. The first-order valence-electron chi connectivity index (χ1n) is 6.58. The number of aryl methyl sites for hydroxylation is 1. The number of benzene rings is 1. The minimum Gasteiger partial charge on any atom is -0.370 e.